The Morgan fingerprint density at radius 3 is 2.73 bits per heavy atom. The molecule has 0 fully saturated rings. The molecule has 1 aromatic heterocycles. The third-order valence-electron chi connectivity index (χ3n) is 3.28. The minimum Gasteiger partial charge on any atom is -0.326 e. The van der Waals surface area contributed by atoms with Gasteiger partial charge in [0.2, 0.25) is 5.91 Å². The largest absolute Gasteiger partial charge is 0.326 e. The number of alkyl halides is 1. The number of hydrogen-bond acceptors (Lipinski definition) is 3. The van der Waals surface area contributed by atoms with Crippen molar-refractivity contribution >= 4 is 44.7 Å². The highest BCUT2D eigenvalue weighted by Crippen LogP contribution is 2.31. The van der Waals surface area contributed by atoms with E-state index in [-0.39, 0.29) is 5.91 Å². The summed E-state index contributed by atoms with van der Waals surface area (Å²) in [5, 5.41) is 3.80. The van der Waals surface area contributed by atoms with Crippen LogP contribution >= 0.6 is 22.9 Å². The fourth-order valence-corrected chi connectivity index (χ4v) is 3.40. The highest BCUT2D eigenvalue weighted by Gasteiger charge is 2.07. The van der Waals surface area contributed by atoms with E-state index in [1.807, 2.05) is 30.3 Å². The molecule has 0 saturated carbocycles. The molecule has 1 amide bonds. The first-order valence-electron chi connectivity index (χ1n) is 6.99. The van der Waals surface area contributed by atoms with E-state index in [1.54, 1.807) is 11.3 Å². The zero-order valence-electron chi connectivity index (χ0n) is 12.1. The number of amides is 1. The van der Waals surface area contributed by atoms with Crippen LogP contribution in [0.2, 0.25) is 0 Å². The molecule has 112 valence electrons. The molecule has 2 aromatic carbocycles. The van der Waals surface area contributed by atoms with Crippen molar-refractivity contribution in [1.82, 2.24) is 4.98 Å². The van der Waals surface area contributed by atoms with E-state index in [0.717, 1.165) is 21.8 Å². The fourth-order valence-electron chi connectivity index (χ4n) is 2.16. The first kappa shape index (κ1) is 15.0. The molecule has 0 radical (unpaired) electrons. The topological polar surface area (TPSA) is 42.0 Å². The average Bonchev–Trinajstić information content (AvgIpc) is 2.91. The standard InChI is InChI=1S/C17H15ClN2OS/c1-11-2-7-14-15(10-11)22-17(20-14)12-3-5-13(6-4-12)19-16(21)8-9-18/h2-7,10H,8-9H2,1H3,(H,19,21). The molecule has 0 atom stereocenters. The van der Waals surface area contributed by atoms with Gasteiger partial charge in [-0.1, -0.05) is 6.07 Å². The van der Waals surface area contributed by atoms with E-state index in [2.05, 4.69) is 29.4 Å². The summed E-state index contributed by atoms with van der Waals surface area (Å²) in [6.45, 7) is 2.08. The van der Waals surface area contributed by atoms with Gasteiger partial charge >= 0.3 is 0 Å². The van der Waals surface area contributed by atoms with Gasteiger partial charge in [-0.25, -0.2) is 4.98 Å². The van der Waals surface area contributed by atoms with Crippen LogP contribution < -0.4 is 5.32 Å². The molecule has 0 spiro atoms. The number of rotatable bonds is 4. The van der Waals surface area contributed by atoms with Crippen LogP contribution in [0.25, 0.3) is 20.8 Å². The second kappa shape index (κ2) is 6.46. The van der Waals surface area contributed by atoms with Crippen molar-refractivity contribution in [2.45, 2.75) is 13.3 Å². The molecular formula is C17H15ClN2OS. The first-order chi connectivity index (χ1) is 10.7. The van der Waals surface area contributed by atoms with E-state index < -0.39 is 0 Å². The van der Waals surface area contributed by atoms with Crippen molar-refractivity contribution in [2.24, 2.45) is 0 Å². The molecule has 0 saturated heterocycles. The van der Waals surface area contributed by atoms with Crippen molar-refractivity contribution in [1.29, 1.82) is 0 Å². The Labute approximate surface area is 138 Å². The molecule has 0 aliphatic heterocycles. The molecule has 3 rings (SSSR count). The normalized spacial score (nSPS) is 10.8. The van der Waals surface area contributed by atoms with E-state index in [1.165, 1.54) is 10.3 Å². The summed E-state index contributed by atoms with van der Waals surface area (Å²) in [6.07, 6.45) is 0.320. The van der Waals surface area contributed by atoms with Gasteiger partial charge in [-0.15, -0.1) is 22.9 Å². The molecule has 1 heterocycles. The monoisotopic (exact) mass is 330 g/mol. The van der Waals surface area contributed by atoms with Gasteiger partial charge in [0.15, 0.2) is 0 Å². The quantitative estimate of drug-likeness (QED) is 0.695. The zero-order valence-corrected chi connectivity index (χ0v) is 13.7. The van der Waals surface area contributed by atoms with Gasteiger partial charge in [0.25, 0.3) is 0 Å². The SMILES string of the molecule is Cc1ccc2nc(-c3ccc(NC(=O)CCCl)cc3)sc2c1. The number of carbonyl (C=O) groups excluding carboxylic acids is 1. The van der Waals surface area contributed by atoms with Gasteiger partial charge in [-0.05, 0) is 48.9 Å². The summed E-state index contributed by atoms with van der Waals surface area (Å²) >= 11 is 7.23. The third kappa shape index (κ3) is 3.29. The minimum atomic E-state index is -0.0711. The molecule has 0 aliphatic carbocycles. The highest BCUT2D eigenvalue weighted by molar-refractivity contribution is 7.21. The van der Waals surface area contributed by atoms with E-state index >= 15 is 0 Å². The minimum absolute atomic E-state index is 0.0711. The van der Waals surface area contributed by atoms with E-state index in [9.17, 15) is 4.79 Å². The molecule has 0 unspecified atom stereocenters. The summed E-state index contributed by atoms with van der Waals surface area (Å²) < 4.78 is 1.19. The maximum absolute atomic E-state index is 11.5. The molecule has 0 bridgehead atoms. The van der Waals surface area contributed by atoms with E-state index in [0.29, 0.717) is 12.3 Å². The van der Waals surface area contributed by atoms with Crippen molar-refractivity contribution < 1.29 is 4.79 Å². The second-order valence-corrected chi connectivity index (χ2v) is 6.46. The summed E-state index contributed by atoms with van der Waals surface area (Å²) in [5.41, 5.74) is 4.08. The molecule has 5 heteroatoms. The number of nitrogens with one attached hydrogen (secondary N) is 1. The lowest BCUT2D eigenvalue weighted by atomic mass is 10.2. The van der Waals surface area contributed by atoms with Crippen molar-refractivity contribution in [3.63, 3.8) is 0 Å². The summed E-state index contributed by atoms with van der Waals surface area (Å²) in [5.74, 6) is 0.257. The number of nitrogens with zero attached hydrogens (tertiary/aromatic N) is 1. The van der Waals surface area contributed by atoms with Gasteiger partial charge in [0.1, 0.15) is 5.01 Å². The first-order valence-corrected chi connectivity index (χ1v) is 8.34. The zero-order chi connectivity index (χ0) is 15.5. The Morgan fingerprint density at radius 2 is 2.00 bits per heavy atom. The Hall–Kier alpha value is -1.91. The molecular weight excluding hydrogens is 316 g/mol. The number of benzene rings is 2. The van der Waals surface area contributed by atoms with Crippen LogP contribution in [0.1, 0.15) is 12.0 Å². The van der Waals surface area contributed by atoms with Gasteiger partial charge < -0.3 is 5.32 Å². The summed E-state index contributed by atoms with van der Waals surface area (Å²) in [6, 6.07) is 14.0. The molecule has 22 heavy (non-hydrogen) atoms. The van der Waals surface area contributed by atoms with Gasteiger partial charge in [0, 0.05) is 23.6 Å². The fraction of sp³-hybridized carbons (Fsp3) is 0.176. The highest BCUT2D eigenvalue weighted by atomic mass is 35.5. The number of aryl methyl sites for hydroxylation is 1. The molecule has 1 N–H and O–H groups in total. The van der Waals surface area contributed by atoms with Gasteiger partial charge in [-0.3, -0.25) is 4.79 Å². The molecule has 3 aromatic rings. The van der Waals surface area contributed by atoms with Crippen LogP contribution in [0, 0.1) is 6.92 Å². The lowest BCUT2D eigenvalue weighted by molar-refractivity contribution is -0.115. The number of fused-ring (bicyclic) bond motifs is 1. The van der Waals surface area contributed by atoms with Crippen molar-refractivity contribution in [2.75, 3.05) is 11.2 Å². The molecule has 0 aliphatic rings. The van der Waals surface area contributed by atoms with Crippen LogP contribution in [0.5, 0.6) is 0 Å². The number of carbonyl (C=O) groups is 1. The van der Waals surface area contributed by atoms with Crippen LogP contribution in [-0.2, 0) is 4.79 Å². The van der Waals surface area contributed by atoms with Crippen LogP contribution in [0.15, 0.2) is 42.5 Å². The Kier molecular flexibility index (Phi) is 4.41. The third-order valence-corrected chi connectivity index (χ3v) is 4.54. The maximum atomic E-state index is 11.5. The summed E-state index contributed by atoms with van der Waals surface area (Å²) in [4.78, 5) is 16.2. The number of aromatic nitrogens is 1. The smallest absolute Gasteiger partial charge is 0.225 e. The van der Waals surface area contributed by atoms with Gasteiger partial charge in [-0.2, -0.15) is 0 Å². The average molecular weight is 331 g/mol. The number of thiazole rings is 1. The lowest BCUT2D eigenvalue weighted by Crippen LogP contribution is -2.11. The lowest BCUT2D eigenvalue weighted by Gasteiger charge is -2.04. The van der Waals surface area contributed by atoms with Crippen LogP contribution in [-0.4, -0.2) is 16.8 Å². The van der Waals surface area contributed by atoms with Crippen molar-refractivity contribution in [3.8, 4) is 10.6 Å². The Bertz CT molecular complexity index is 811. The van der Waals surface area contributed by atoms with Crippen LogP contribution in [0.4, 0.5) is 5.69 Å². The maximum Gasteiger partial charge on any atom is 0.225 e. The Balaban J connectivity index is 1.83. The predicted octanol–water partition coefficient (Wildman–Crippen LogP) is 4.84. The summed E-state index contributed by atoms with van der Waals surface area (Å²) in [7, 11) is 0. The predicted molar refractivity (Wildman–Crippen MR) is 93.8 cm³/mol. The second-order valence-electron chi connectivity index (χ2n) is 5.05. The molecule has 3 nitrogen and oxygen atoms in total. The number of hydrogen-bond donors (Lipinski definition) is 1. The Morgan fingerprint density at radius 1 is 1.23 bits per heavy atom. The van der Waals surface area contributed by atoms with Crippen molar-refractivity contribution in [3.05, 3.63) is 48.0 Å². The number of anilines is 1. The number of halogens is 1. The van der Waals surface area contributed by atoms with Gasteiger partial charge in [0.05, 0.1) is 10.2 Å². The van der Waals surface area contributed by atoms with E-state index in [4.69, 9.17) is 11.6 Å². The van der Waals surface area contributed by atoms with Crippen LogP contribution in [0.3, 0.4) is 0 Å².